The highest BCUT2D eigenvalue weighted by Gasteiger charge is 2.61. The van der Waals surface area contributed by atoms with Crippen molar-refractivity contribution < 1.29 is 14.3 Å². The van der Waals surface area contributed by atoms with Gasteiger partial charge in [-0.15, -0.1) is 0 Å². The number of carbonyl (C=O) groups excluding carboxylic acids is 1. The number of imidazole rings is 1. The highest BCUT2D eigenvalue weighted by atomic mass is 16.5. The quantitative estimate of drug-likeness (QED) is 0.332. The van der Waals surface area contributed by atoms with Crippen molar-refractivity contribution in [1.82, 2.24) is 24.0 Å². The Kier molecular flexibility index (Phi) is 4.99. The van der Waals surface area contributed by atoms with Crippen LogP contribution in [-0.2, 0) is 17.8 Å². The SMILES string of the molecule is COc1cc(C(=O)N2C[C@H]3CC4C[C@@H]2[C@H]43)cc2nc(-c3cc4cccnc4n3CC3CC3)n(C[C@@H]3CCOC3)c12. The fraction of sp³-hybridized carbons (Fsp3) is 0.531. The second-order valence-electron chi connectivity index (χ2n) is 12.9. The highest BCUT2D eigenvalue weighted by molar-refractivity contribution is 6.00. The van der Waals surface area contributed by atoms with Crippen molar-refractivity contribution in [3.05, 3.63) is 42.1 Å². The summed E-state index contributed by atoms with van der Waals surface area (Å²) >= 11 is 0. The number of nitrogens with zero attached hydrogens (tertiary/aromatic N) is 5. The van der Waals surface area contributed by atoms with E-state index in [1.807, 2.05) is 24.4 Å². The van der Waals surface area contributed by atoms with Crippen molar-refractivity contribution in [3.63, 3.8) is 0 Å². The topological polar surface area (TPSA) is 74.4 Å². The summed E-state index contributed by atoms with van der Waals surface area (Å²) in [4.78, 5) is 26.1. The minimum Gasteiger partial charge on any atom is -0.494 e. The van der Waals surface area contributed by atoms with E-state index in [0.717, 1.165) is 90.4 Å². The van der Waals surface area contributed by atoms with Crippen LogP contribution >= 0.6 is 0 Å². The van der Waals surface area contributed by atoms with Gasteiger partial charge in [-0.3, -0.25) is 4.79 Å². The van der Waals surface area contributed by atoms with E-state index in [9.17, 15) is 4.79 Å². The van der Waals surface area contributed by atoms with Crippen LogP contribution in [0.25, 0.3) is 33.6 Å². The van der Waals surface area contributed by atoms with Crippen LogP contribution in [0.4, 0.5) is 0 Å². The number of amides is 1. The first kappa shape index (κ1) is 23.3. The lowest BCUT2D eigenvalue weighted by molar-refractivity contribution is -0.0204. The molecule has 2 saturated heterocycles. The zero-order valence-corrected chi connectivity index (χ0v) is 23.0. The Bertz CT molecular complexity index is 1660. The van der Waals surface area contributed by atoms with Crippen LogP contribution in [0.3, 0.4) is 0 Å². The third kappa shape index (κ3) is 3.38. The summed E-state index contributed by atoms with van der Waals surface area (Å²) in [6.07, 6.45) is 7.92. The van der Waals surface area contributed by atoms with Crippen molar-refractivity contribution in [3.8, 4) is 17.3 Å². The van der Waals surface area contributed by atoms with Crippen LogP contribution in [0, 0.1) is 29.6 Å². The van der Waals surface area contributed by atoms with Gasteiger partial charge in [0.15, 0.2) is 5.82 Å². The van der Waals surface area contributed by atoms with E-state index in [0.29, 0.717) is 29.4 Å². The van der Waals surface area contributed by atoms with Gasteiger partial charge in [-0.2, -0.15) is 0 Å². The molecule has 0 radical (unpaired) electrons. The van der Waals surface area contributed by atoms with E-state index in [2.05, 4.69) is 26.2 Å². The molecule has 0 spiro atoms. The fourth-order valence-electron chi connectivity index (χ4n) is 8.25. The maximum atomic E-state index is 13.9. The van der Waals surface area contributed by atoms with Gasteiger partial charge in [-0.25, -0.2) is 9.97 Å². The first-order valence-electron chi connectivity index (χ1n) is 15.1. The average molecular weight is 538 g/mol. The van der Waals surface area contributed by atoms with Gasteiger partial charge in [0, 0.05) is 55.3 Å². The molecule has 2 aliphatic heterocycles. The van der Waals surface area contributed by atoms with Crippen LogP contribution in [-0.4, -0.2) is 62.8 Å². The lowest BCUT2D eigenvalue weighted by Gasteiger charge is -2.52. The van der Waals surface area contributed by atoms with E-state index < -0.39 is 0 Å². The molecule has 5 heterocycles. The molecule has 3 aliphatic carbocycles. The summed E-state index contributed by atoms with van der Waals surface area (Å²) in [5.41, 5.74) is 4.57. The van der Waals surface area contributed by atoms with Crippen molar-refractivity contribution in [2.24, 2.45) is 29.6 Å². The number of fused-ring (bicyclic) bond motifs is 2. The van der Waals surface area contributed by atoms with Gasteiger partial charge in [-0.05, 0) is 86.1 Å². The first-order chi connectivity index (χ1) is 19.7. The molecule has 40 heavy (non-hydrogen) atoms. The molecule has 206 valence electrons. The maximum Gasteiger partial charge on any atom is 0.254 e. The molecule has 0 bridgehead atoms. The molecule has 8 heteroatoms. The number of aromatic nitrogens is 4. The van der Waals surface area contributed by atoms with Crippen molar-refractivity contribution >= 4 is 28.0 Å². The Balaban J connectivity index is 1.20. The van der Waals surface area contributed by atoms with Gasteiger partial charge in [0.05, 0.1) is 24.9 Å². The highest BCUT2D eigenvalue weighted by Crippen LogP contribution is 2.60. The van der Waals surface area contributed by atoms with E-state index in [1.54, 1.807) is 7.11 Å². The van der Waals surface area contributed by atoms with Gasteiger partial charge in [0.1, 0.15) is 16.9 Å². The van der Waals surface area contributed by atoms with Crippen LogP contribution in [0.1, 0.15) is 42.5 Å². The molecule has 9 rings (SSSR count). The molecule has 5 aliphatic rings. The number of rotatable bonds is 7. The summed E-state index contributed by atoms with van der Waals surface area (Å²) in [6, 6.07) is 10.8. The molecule has 4 aromatic rings. The van der Waals surface area contributed by atoms with Gasteiger partial charge < -0.3 is 23.5 Å². The van der Waals surface area contributed by atoms with Gasteiger partial charge in [0.25, 0.3) is 5.91 Å². The molecule has 5 atom stereocenters. The maximum absolute atomic E-state index is 13.9. The van der Waals surface area contributed by atoms with E-state index in [-0.39, 0.29) is 5.91 Å². The van der Waals surface area contributed by atoms with E-state index in [4.69, 9.17) is 19.4 Å². The number of methoxy groups -OCH3 is 1. The van der Waals surface area contributed by atoms with Crippen LogP contribution in [0.15, 0.2) is 36.5 Å². The Morgan fingerprint density at radius 3 is 2.75 bits per heavy atom. The minimum atomic E-state index is 0.130. The number of benzene rings is 1. The van der Waals surface area contributed by atoms with E-state index >= 15 is 0 Å². The average Bonchev–Trinajstić information content (AvgIpc) is 3.29. The van der Waals surface area contributed by atoms with Crippen LogP contribution in [0.5, 0.6) is 5.75 Å². The predicted octanol–water partition coefficient (Wildman–Crippen LogP) is 4.99. The molecule has 1 amide bonds. The largest absolute Gasteiger partial charge is 0.494 e. The molecular weight excluding hydrogens is 502 g/mol. The summed E-state index contributed by atoms with van der Waals surface area (Å²) in [6.45, 7) is 4.21. The third-order valence-corrected chi connectivity index (χ3v) is 10.5. The van der Waals surface area contributed by atoms with Crippen LogP contribution < -0.4 is 4.74 Å². The number of carbonyl (C=O) groups is 1. The van der Waals surface area contributed by atoms with E-state index in [1.165, 1.54) is 25.7 Å². The monoisotopic (exact) mass is 537 g/mol. The number of pyridine rings is 1. The zero-order valence-electron chi connectivity index (χ0n) is 23.0. The number of hydrogen-bond donors (Lipinski definition) is 0. The smallest absolute Gasteiger partial charge is 0.254 e. The van der Waals surface area contributed by atoms with Crippen molar-refractivity contribution in [1.29, 1.82) is 0 Å². The summed E-state index contributed by atoms with van der Waals surface area (Å²) in [5, 5.41) is 1.13. The molecule has 1 aromatic carbocycles. The van der Waals surface area contributed by atoms with Gasteiger partial charge in [0.2, 0.25) is 0 Å². The Labute approximate surface area is 233 Å². The summed E-state index contributed by atoms with van der Waals surface area (Å²) in [7, 11) is 1.71. The third-order valence-electron chi connectivity index (χ3n) is 10.5. The molecule has 3 saturated carbocycles. The minimum absolute atomic E-state index is 0.130. The van der Waals surface area contributed by atoms with Crippen molar-refractivity contribution in [2.45, 2.75) is 51.2 Å². The molecule has 3 aromatic heterocycles. The predicted molar refractivity (Wildman–Crippen MR) is 151 cm³/mol. The van der Waals surface area contributed by atoms with Crippen LogP contribution in [0.2, 0.25) is 0 Å². The number of ether oxygens (including phenoxy) is 2. The van der Waals surface area contributed by atoms with Gasteiger partial charge in [-0.1, -0.05) is 0 Å². The Morgan fingerprint density at radius 1 is 1.07 bits per heavy atom. The lowest BCUT2D eigenvalue weighted by atomic mass is 9.53. The Morgan fingerprint density at radius 2 is 1.98 bits per heavy atom. The normalized spacial score (nSPS) is 28.6. The fourth-order valence-corrected chi connectivity index (χ4v) is 8.25. The molecule has 8 nitrogen and oxygen atoms in total. The lowest BCUT2D eigenvalue weighted by Crippen LogP contribution is -2.53. The van der Waals surface area contributed by atoms with Gasteiger partial charge >= 0.3 is 0 Å². The molecule has 0 N–H and O–H groups in total. The standard InChI is InChI=1S/C32H35N5O3/c1-39-27-13-22(32(38)36-16-23-9-21-12-25(36)28(21)23)10-24-29(27)37(15-19-6-8-40-17-19)31(34-24)26-11-20-3-2-7-33-30(20)35(26)14-18-4-5-18/h2-3,7,10-11,13,18-19,21,23,25,28H,4-6,8-9,12,14-17H2,1H3/t19-,21?,23+,25+,28+/m0/s1. The second kappa shape index (κ2) is 8.56. The Hall–Kier alpha value is -3.39. The number of likely N-dealkylation sites (tertiary alicyclic amines) is 1. The molecule has 1 unspecified atom stereocenters. The first-order valence-corrected chi connectivity index (χ1v) is 15.1. The summed E-state index contributed by atoms with van der Waals surface area (Å²) < 4.78 is 16.5. The number of hydrogen-bond acceptors (Lipinski definition) is 5. The summed E-state index contributed by atoms with van der Waals surface area (Å²) in [5.74, 6) is 5.19. The zero-order chi connectivity index (χ0) is 26.5. The molecular formula is C32H35N5O3. The second-order valence-corrected chi connectivity index (χ2v) is 12.9. The molecule has 5 fully saturated rings. The van der Waals surface area contributed by atoms with Crippen molar-refractivity contribution in [2.75, 3.05) is 26.9 Å².